The number of rotatable bonds is 75. The van der Waals surface area contributed by atoms with E-state index in [0.29, 0.717) is 25.7 Å². The normalized spacial score (nSPS) is 14.1. The van der Waals surface area contributed by atoms with E-state index in [0.717, 1.165) is 114 Å². The Labute approximate surface area is 594 Å². The number of carbonyl (C=O) groups is 4. The molecule has 0 heterocycles. The molecule has 0 amide bonds. The Kier molecular flexibility index (Phi) is 65.9. The molecule has 0 aromatic rings. The lowest BCUT2D eigenvalue weighted by Gasteiger charge is -2.21. The summed E-state index contributed by atoms with van der Waals surface area (Å²) in [5, 5.41) is 10.6. The molecule has 0 aromatic carbocycles. The van der Waals surface area contributed by atoms with Crippen LogP contribution in [0.4, 0.5) is 0 Å². The van der Waals surface area contributed by atoms with Gasteiger partial charge in [-0.3, -0.25) is 37.3 Å². The van der Waals surface area contributed by atoms with Crippen LogP contribution in [0.15, 0.2) is 0 Å². The maximum absolute atomic E-state index is 13.1. The third kappa shape index (κ3) is 72.2. The van der Waals surface area contributed by atoms with Crippen LogP contribution in [0.25, 0.3) is 0 Å². The standard InChI is InChI=1S/C78H152O17P2/c1-68(2)54-46-38-30-22-17-15-13-11-9-10-12-14-16-18-25-34-42-50-58-75(80)88-64-73(94-77(82)60-52-44-36-26-20-19-23-31-39-47-55-69(3)4)66-92-96(84,85)90-62-72(79)63-91-97(86,87)93-67-74(65-89-76(81)59-51-43-35-29-28-33-41-49-57-71(7)8)95-78(83)61-53-45-37-27-21-24-32-40-48-56-70(5)6/h68-74,79H,9-67H2,1-8H3,(H,84,85)(H,86,87)/t72?,73-,74-/m1/s1. The highest BCUT2D eigenvalue weighted by molar-refractivity contribution is 7.47. The van der Waals surface area contributed by atoms with Crippen LogP contribution in [0.2, 0.25) is 0 Å². The first-order valence-corrected chi connectivity index (χ1v) is 43.2. The fourth-order valence-corrected chi connectivity index (χ4v) is 13.5. The number of unbranched alkanes of at least 4 members (excludes halogenated alkanes) is 41. The highest BCUT2D eigenvalue weighted by atomic mass is 31.2. The Morgan fingerprint density at radius 2 is 0.433 bits per heavy atom. The van der Waals surface area contributed by atoms with Crippen LogP contribution in [0.5, 0.6) is 0 Å². The third-order valence-corrected chi connectivity index (χ3v) is 20.0. The van der Waals surface area contributed by atoms with Crippen LogP contribution in [0.1, 0.15) is 396 Å². The van der Waals surface area contributed by atoms with Gasteiger partial charge in [-0.25, -0.2) is 9.13 Å². The lowest BCUT2D eigenvalue weighted by atomic mass is 10.0. The summed E-state index contributed by atoms with van der Waals surface area (Å²) in [6.45, 7) is 14.2. The van der Waals surface area contributed by atoms with Gasteiger partial charge in [0.15, 0.2) is 12.2 Å². The molecular formula is C78H152O17P2. The number of esters is 4. The Hall–Kier alpha value is -1.94. The summed E-state index contributed by atoms with van der Waals surface area (Å²) >= 11 is 0. The summed E-state index contributed by atoms with van der Waals surface area (Å²) in [5.74, 6) is 0.918. The molecule has 97 heavy (non-hydrogen) atoms. The van der Waals surface area contributed by atoms with Crippen LogP contribution in [0.3, 0.4) is 0 Å². The second-order valence-electron chi connectivity index (χ2n) is 30.0. The van der Waals surface area contributed by atoms with Gasteiger partial charge in [0.05, 0.1) is 26.4 Å². The molecule has 576 valence electrons. The summed E-state index contributed by atoms with van der Waals surface area (Å²) in [5.41, 5.74) is 0. The van der Waals surface area contributed by atoms with Crippen molar-refractivity contribution in [2.45, 2.75) is 414 Å². The lowest BCUT2D eigenvalue weighted by Crippen LogP contribution is -2.30. The first-order valence-electron chi connectivity index (χ1n) is 40.2. The van der Waals surface area contributed by atoms with Crippen molar-refractivity contribution in [1.29, 1.82) is 0 Å². The fourth-order valence-electron chi connectivity index (χ4n) is 11.9. The van der Waals surface area contributed by atoms with Crippen molar-refractivity contribution >= 4 is 39.5 Å². The largest absolute Gasteiger partial charge is 0.472 e. The van der Waals surface area contributed by atoms with Crippen molar-refractivity contribution in [3.63, 3.8) is 0 Å². The van der Waals surface area contributed by atoms with E-state index in [9.17, 15) is 43.2 Å². The van der Waals surface area contributed by atoms with E-state index in [2.05, 4.69) is 55.4 Å². The molecule has 3 unspecified atom stereocenters. The second kappa shape index (κ2) is 67.2. The molecule has 3 N–H and O–H groups in total. The van der Waals surface area contributed by atoms with Gasteiger partial charge in [-0.15, -0.1) is 0 Å². The van der Waals surface area contributed by atoms with Crippen LogP contribution < -0.4 is 0 Å². The van der Waals surface area contributed by atoms with Gasteiger partial charge in [0.2, 0.25) is 0 Å². The summed E-state index contributed by atoms with van der Waals surface area (Å²) < 4.78 is 68.6. The van der Waals surface area contributed by atoms with E-state index in [4.69, 9.17) is 37.0 Å². The first kappa shape index (κ1) is 95.1. The maximum Gasteiger partial charge on any atom is 0.472 e. The number of phosphoric ester groups is 2. The van der Waals surface area contributed by atoms with Gasteiger partial charge in [0, 0.05) is 25.7 Å². The minimum absolute atomic E-state index is 0.104. The van der Waals surface area contributed by atoms with Crippen molar-refractivity contribution in [2.24, 2.45) is 23.7 Å². The number of hydrogen-bond donors (Lipinski definition) is 3. The van der Waals surface area contributed by atoms with E-state index >= 15 is 0 Å². The topological polar surface area (TPSA) is 237 Å². The van der Waals surface area contributed by atoms with E-state index in [1.54, 1.807) is 0 Å². The quantitative estimate of drug-likeness (QED) is 0.0222. The molecule has 0 aliphatic heterocycles. The minimum Gasteiger partial charge on any atom is -0.462 e. The summed E-state index contributed by atoms with van der Waals surface area (Å²) in [6, 6.07) is 0. The molecule has 19 heteroatoms. The zero-order valence-corrected chi connectivity index (χ0v) is 65.5. The van der Waals surface area contributed by atoms with Crippen molar-refractivity contribution in [2.75, 3.05) is 39.6 Å². The number of aliphatic hydroxyl groups excluding tert-OH is 1. The number of carbonyl (C=O) groups excluding carboxylic acids is 4. The Morgan fingerprint density at radius 1 is 0.258 bits per heavy atom. The SMILES string of the molecule is CC(C)CCCCCCCCCCCCCCCCCCCCC(=O)OC[C@H](COP(=O)(O)OCC(O)COP(=O)(O)OC[C@@H](COC(=O)CCCCCCCCCCC(C)C)OC(=O)CCCCCCCCCCCC(C)C)OC(=O)CCCCCCCCCCCCC(C)C. The molecule has 0 saturated heterocycles. The highest BCUT2D eigenvalue weighted by Gasteiger charge is 2.30. The molecule has 17 nitrogen and oxygen atoms in total. The van der Waals surface area contributed by atoms with E-state index in [1.807, 2.05) is 0 Å². The summed E-state index contributed by atoms with van der Waals surface area (Å²) in [7, 11) is -9.91. The van der Waals surface area contributed by atoms with E-state index in [1.165, 1.54) is 199 Å². The van der Waals surface area contributed by atoms with Gasteiger partial charge in [0.1, 0.15) is 19.3 Å². The van der Waals surface area contributed by atoms with Crippen LogP contribution in [-0.4, -0.2) is 96.7 Å². The van der Waals surface area contributed by atoms with Gasteiger partial charge in [-0.2, -0.15) is 0 Å². The number of phosphoric acid groups is 2. The Balaban J connectivity index is 5.19. The zero-order valence-electron chi connectivity index (χ0n) is 63.7. The van der Waals surface area contributed by atoms with Crippen molar-refractivity contribution < 1.29 is 80.2 Å². The van der Waals surface area contributed by atoms with Gasteiger partial charge in [-0.1, -0.05) is 344 Å². The second-order valence-corrected chi connectivity index (χ2v) is 32.9. The zero-order chi connectivity index (χ0) is 71.7. The lowest BCUT2D eigenvalue weighted by molar-refractivity contribution is -0.161. The highest BCUT2D eigenvalue weighted by Crippen LogP contribution is 2.45. The molecule has 5 atom stereocenters. The molecule has 0 aliphatic carbocycles. The number of ether oxygens (including phenoxy) is 4. The molecular weight excluding hydrogens is 1270 g/mol. The average Bonchev–Trinajstić information content (AvgIpc) is 1.70. The molecule has 0 radical (unpaired) electrons. The predicted molar refractivity (Wildman–Crippen MR) is 395 cm³/mol. The molecule has 0 aliphatic rings. The molecule has 0 rings (SSSR count). The number of hydrogen-bond acceptors (Lipinski definition) is 15. The molecule has 0 spiro atoms. The minimum atomic E-state index is -4.96. The Morgan fingerprint density at radius 3 is 0.639 bits per heavy atom. The van der Waals surface area contributed by atoms with Crippen LogP contribution >= 0.6 is 15.6 Å². The van der Waals surface area contributed by atoms with E-state index in [-0.39, 0.29) is 25.7 Å². The molecule has 0 fully saturated rings. The van der Waals surface area contributed by atoms with Gasteiger partial charge < -0.3 is 33.8 Å². The van der Waals surface area contributed by atoms with Crippen molar-refractivity contribution in [3.8, 4) is 0 Å². The van der Waals surface area contributed by atoms with Gasteiger partial charge >= 0.3 is 39.5 Å². The van der Waals surface area contributed by atoms with Crippen molar-refractivity contribution in [3.05, 3.63) is 0 Å². The van der Waals surface area contributed by atoms with Gasteiger partial charge in [-0.05, 0) is 49.4 Å². The summed E-state index contributed by atoms with van der Waals surface area (Å²) in [4.78, 5) is 72.9. The maximum atomic E-state index is 13.1. The molecule has 0 aromatic heterocycles. The average molecular weight is 1420 g/mol. The fraction of sp³-hybridized carbons (Fsp3) is 0.949. The Bertz CT molecular complexity index is 1900. The first-order chi connectivity index (χ1) is 46.6. The van der Waals surface area contributed by atoms with Crippen LogP contribution in [0, 0.1) is 23.7 Å². The third-order valence-electron chi connectivity index (χ3n) is 18.1. The van der Waals surface area contributed by atoms with E-state index < -0.39 is 97.5 Å². The summed E-state index contributed by atoms with van der Waals surface area (Å²) in [6.07, 6.45) is 52.9. The molecule has 0 saturated carbocycles. The monoisotopic (exact) mass is 1420 g/mol. The van der Waals surface area contributed by atoms with Gasteiger partial charge in [0.25, 0.3) is 0 Å². The van der Waals surface area contributed by atoms with Crippen molar-refractivity contribution in [1.82, 2.24) is 0 Å². The smallest absolute Gasteiger partial charge is 0.462 e. The predicted octanol–water partition coefficient (Wildman–Crippen LogP) is 22.8. The molecule has 0 bridgehead atoms. The van der Waals surface area contributed by atoms with Crippen LogP contribution in [-0.2, 0) is 65.4 Å². The number of aliphatic hydroxyl groups is 1.